The second-order valence-corrected chi connectivity index (χ2v) is 5.05. The van der Waals surface area contributed by atoms with Gasteiger partial charge in [-0.1, -0.05) is 11.6 Å². The molecule has 0 aliphatic carbocycles. The number of nitrogens with one attached hydrogen (secondary N) is 1. The fraction of sp³-hybridized carbons (Fsp3) is 0.100. The second kappa shape index (κ2) is 5.99. The number of nitro groups is 1. The van der Waals surface area contributed by atoms with Crippen LogP contribution in [0.25, 0.3) is 0 Å². The van der Waals surface area contributed by atoms with Crippen LogP contribution < -0.4 is 11.3 Å². The summed E-state index contributed by atoms with van der Waals surface area (Å²) < 4.78 is 0. The second-order valence-electron chi connectivity index (χ2n) is 3.60. The van der Waals surface area contributed by atoms with Gasteiger partial charge in [0.25, 0.3) is 0 Å². The van der Waals surface area contributed by atoms with Crippen LogP contribution in [0.15, 0.2) is 28.4 Å². The van der Waals surface area contributed by atoms with Crippen LogP contribution in [-0.4, -0.2) is 19.9 Å². The van der Waals surface area contributed by atoms with Gasteiger partial charge in [0.15, 0.2) is 5.03 Å². The lowest BCUT2D eigenvalue weighted by Gasteiger charge is -2.06. The zero-order valence-corrected chi connectivity index (χ0v) is 11.8. The Morgan fingerprint density at radius 1 is 1.45 bits per heavy atom. The fourth-order valence-corrected chi connectivity index (χ4v) is 2.41. The van der Waals surface area contributed by atoms with Crippen molar-refractivity contribution >= 4 is 35.0 Å². The lowest BCUT2D eigenvalue weighted by molar-refractivity contribution is -0.389. The van der Waals surface area contributed by atoms with E-state index >= 15 is 0 Å². The van der Waals surface area contributed by atoms with Gasteiger partial charge in [0, 0.05) is 6.20 Å². The molecule has 104 valence electrons. The van der Waals surface area contributed by atoms with Crippen LogP contribution >= 0.6 is 23.4 Å². The smallest absolute Gasteiger partial charge is 0.292 e. The summed E-state index contributed by atoms with van der Waals surface area (Å²) in [5, 5.41) is 12.3. The SMILES string of the molecule is Cc1nc(NN)nc(Sc2ccc(Cl)cn2)c1[N+](=O)[O-]. The van der Waals surface area contributed by atoms with E-state index in [1.54, 1.807) is 12.1 Å². The Hall–Kier alpha value is -1.97. The highest BCUT2D eigenvalue weighted by Crippen LogP contribution is 2.34. The molecule has 0 atom stereocenters. The molecule has 20 heavy (non-hydrogen) atoms. The minimum atomic E-state index is -0.534. The first-order valence-corrected chi connectivity index (χ1v) is 6.49. The predicted octanol–water partition coefficient (Wildman–Crippen LogP) is 2.18. The highest BCUT2D eigenvalue weighted by Gasteiger charge is 2.23. The van der Waals surface area contributed by atoms with Crippen LogP contribution in [0.3, 0.4) is 0 Å². The van der Waals surface area contributed by atoms with Gasteiger partial charge >= 0.3 is 5.69 Å². The Balaban J connectivity index is 2.45. The van der Waals surface area contributed by atoms with E-state index in [1.165, 1.54) is 13.1 Å². The molecule has 8 nitrogen and oxygen atoms in total. The Morgan fingerprint density at radius 2 is 2.20 bits per heavy atom. The lowest BCUT2D eigenvalue weighted by atomic mass is 10.4. The number of nitrogens with two attached hydrogens (primary N) is 1. The largest absolute Gasteiger partial charge is 0.322 e. The number of nitrogen functional groups attached to an aromatic ring is 1. The quantitative estimate of drug-likeness (QED) is 0.381. The number of nitrogens with zero attached hydrogens (tertiary/aromatic N) is 4. The fourth-order valence-electron chi connectivity index (χ4n) is 1.41. The topological polar surface area (TPSA) is 120 Å². The summed E-state index contributed by atoms with van der Waals surface area (Å²) in [6.07, 6.45) is 1.45. The van der Waals surface area contributed by atoms with Crippen molar-refractivity contribution in [1.29, 1.82) is 0 Å². The first-order valence-electron chi connectivity index (χ1n) is 5.30. The highest BCUT2D eigenvalue weighted by molar-refractivity contribution is 7.99. The van der Waals surface area contributed by atoms with E-state index in [1.807, 2.05) is 0 Å². The zero-order chi connectivity index (χ0) is 14.7. The average Bonchev–Trinajstić information content (AvgIpc) is 2.40. The number of hydrazine groups is 1. The van der Waals surface area contributed by atoms with Crippen LogP contribution in [0, 0.1) is 17.0 Å². The monoisotopic (exact) mass is 312 g/mol. The molecule has 2 heterocycles. The summed E-state index contributed by atoms with van der Waals surface area (Å²) in [4.78, 5) is 22.5. The van der Waals surface area contributed by atoms with E-state index in [9.17, 15) is 10.1 Å². The van der Waals surface area contributed by atoms with Crippen LogP contribution in [0.2, 0.25) is 5.02 Å². The third-order valence-electron chi connectivity index (χ3n) is 2.24. The lowest BCUT2D eigenvalue weighted by Crippen LogP contribution is -2.12. The molecule has 0 radical (unpaired) electrons. The van der Waals surface area contributed by atoms with E-state index in [4.69, 9.17) is 17.4 Å². The van der Waals surface area contributed by atoms with Crippen molar-refractivity contribution in [2.45, 2.75) is 17.0 Å². The summed E-state index contributed by atoms with van der Waals surface area (Å²) >= 11 is 6.77. The molecule has 0 bridgehead atoms. The molecule has 0 aromatic carbocycles. The Morgan fingerprint density at radius 3 is 2.75 bits per heavy atom. The maximum atomic E-state index is 11.1. The molecule has 2 rings (SSSR count). The van der Waals surface area contributed by atoms with Crippen molar-refractivity contribution in [3.05, 3.63) is 39.2 Å². The van der Waals surface area contributed by atoms with Gasteiger partial charge in [-0.2, -0.15) is 4.98 Å². The first kappa shape index (κ1) is 14.4. The number of aromatic nitrogens is 3. The standard InChI is InChI=1S/C10H9ClN6O2S/c1-5-8(17(18)19)9(15-10(14-5)16-12)20-7-3-2-6(11)4-13-7/h2-4H,12H2,1H3,(H,14,15,16). The van der Waals surface area contributed by atoms with E-state index in [2.05, 4.69) is 20.4 Å². The first-order chi connectivity index (χ1) is 9.51. The molecule has 0 saturated carbocycles. The van der Waals surface area contributed by atoms with Crippen LogP contribution in [-0.2, 0) is 0 Å². The summed E-state index contributed by atoms with van der Waals surface area (Å²) in [5.41, 5.74) is 2.31. The van der Waals surface area contributed by atoms with Crippen LogP contribution in [0.4, 0.5) is 11.6 Å². The molecular formula is C10H9ClN6O2S. The predicted molar refractivity (Wildman–Crippen MR) is 74.6 cm³/mol. The summed E-state index contributed by atoms with van der Waals surface area (Å²) in [7, 11) is 0. The summed E-state index contributed by atoms with van der Waals surface area (Å²) in [6.45, 7) is 1.51. The molecule has 2 aromatic heterocycles. The molecule has 0 aliphatic heterocycles. The van der Waals surface area contributed by atoms with Gasteiger partial charge < -0.3 is 0 Å². The molecule has 0 amide bonds. The van der Waals surface area contributed by atoms with Gasteiger partial charge in [0.2, 0.25) is 5.95 Å². The Labute approximate surface area is 122 Å². The van der Waals surface area contributed by atoms with E-state index in [0.29, 0.717) is 10.0 Å². The molecule has 10 heteroatoms. The molecule has 0 spiro atoms. The molecule has 3 N–H and O–H groups in total. The van der Waals surface area contributed by atoms with Crippen molar-refractivity contribution in [1.82, 2.24) is 15.0 Å². The number of rotatable bonds is 4. The zero-order valence-electron chi connectivity index (χ0n) is 10.2. The average molecular weight is 313 g/mol. The maximum absolute atomic E-state index is 11.1. The third-order valence-corrected chi connectivity index (χ3v) is 3.39. The number of aryl methyl sites for hydroxylation is 1. The molecule has 2 aromatic rings. The van der Waals surface area contributed by atoms with Crippen LogP contribution in [0.5, 0.6) is 0 Å². The van der Waals surface area contributed by atoms with E-state index < -0.39 is 4.92 Å². The summed E-state index contributed by atoms with van der Waals surface area (Å²) in [5.74, 6) is 5.34. The van der Waals surface area contributed by atoms with E-state index in [-0.39, 0.29) is 22.4 Å². The highest BCUT2D eigenvalue weighted by atomic mass is 35.5. The Bertz CT molecular complexity index is 651. The minimum Gasteiger partial charge on any atom is -0.292 e. The number of halogens is 1. The molecule has 0 fully saturated rings. The Kier molecular flexibility index (Phi) is 4.32. The van der Waals surface area contributed by atoms with Gasteiger partial charge in [-0.3, -0.25) is 15.5 Å². The van der Waals surface area contributed by atoms with Crippen molar-refractivity contribution in [2.75, 3.05) is 5.43 Å². The third kappa shape index (κ3) is 3.13. The van der Waals surface area contributed by atoms with Gasteiger partial charge in [0.05, 0.1) is 9.95 Å². The van der Waals surface area contributed by atoms with Gasteiger partial charge in [-0.25, -0.2) is 15.8 Å². The maximum Gasteiger partial charge on any atom is 0.322 e. The molecule has 0 saturated heterocycles. The molecule has 0 unspecified atom stereocenters. The van der Waals surface area contributed by atoms with Crippen molar-refractivity contribution in [2.24, 2.45) is 5.84 Å². The number of anilines is 1. The number of hydrogen-bond donors (Lipinski definition) is 2. The minimum absolute atomic E-state index is 0.101. The van der Waals surface area contributed by atoms with Crippen molar-refractivity contribution in [3.8, 4) is 0 Å². The molecule has 0 aliphatic rings. The van der Waals surface area contributed by atoms with Gasteiger partial charge in [-0.05, 0) is 30.8 Å². The number of hydrogen-bond acceptors (Lipinski definition) is 8. The van der Waals surface area contributed by atoms with Crippen LogP contribution in [0.1, 0.15) is 5.69 Å². The summed E-state index contributed by atoms with van der Waals surface area (Å²) in [6, 6.07) is 3.28. The molecular weight excluding hydrogens is 304 g/mol. The van der Waals surface area contributed by atoms with Crippen molar-refractivity contribution in [3.63, 3.8) is 0 Å². The normalized spacial score (nSPS) is 10.3. The van der Waals surface area contributed by atoms with Gasteiger partial charge in [-0.15, -0.1) is 0 Å². The van der Waals surface area contributed by atoms with E-state index in [0.717, 1.165) is 11.8 Å². The number of pyridine rings is 1. The van der Waals surface area contributed by atoms with Crippen molar-refractivity contribution < 1.29 is 4.92 Å². The van der Waals surface area contributed by atoms with Gasteiger partial charge in [0.1, 0.15) is 10.7 Å².